The van der Waals surface area contributed by atoms with E-state index < -0.39 is 5.92 Å². The maximum Gasteiger partial charge on any atom is 0.119 e. The predicted octanol–water partition coefficient (Wildman–Crippen LogP) is 9.38. The summed E-state index contributed by atoms with van der Waals surface area (Å²) in [4.78, 5) is 0. The molecule has 4 nitrogen and oxygen atoms in total. The van der Waals surface area contributed by atoms with Crippen molar-refractivity contribution in [2.24, 2.45) is 0 Å². The van der Waals surface area contributed by atoms with Crippen LogP contribution in [-0.2, 0) is 0 Å². The first-order valence-electron chi connectivity index (χ1n) is 13.7. The first-order chi connectivity index (χ1) is 19.4. The maximum atomic E-state index is 11.0. The summed E-state index contributed by atoms with van der Waals surface area (Å²) in [6, 6.07) is 32.8. The first kappa shape index (κ1) is 29.9. The van der Waals surface area contributed by atoms with Gasteiger partial charge >= 0.3 is 0 Å². The van der Waals surface area contributed by atoms with Crippen molar-refractivity contribution in [2.75, 3.05) is 0 Å². The number of benzene rings is 5. The quantitative estimate of drug-likeness (QED) is 0.169. The molecule has 0 heterocycles. The Morgan fingerprint density at radius 2 is 0.775 bits per heavy atom. The van der Waals surface area contributed by atoms with Crippen LogP contribution in [0.4, 0.5) is 0 Å². The van der Waals surface area contributed by atoms with E-state index in [2.05, 4.69) is 0 Å². The third kappa shape index (κ3) is 6.83. The number of hydrogen-bond acceptors (Lipinski definition) is 4. The SMILES string of the molecule is CC.CC.Cc1ccc(C(c2cc(-c3ccc(O)cc3)ccc2O)c2cc(-c3ccc(O)cc3)ccc2O)cc1. The molecule has 0 aromatic heterocycles. The van der Waals surface area contributed by atoms with E-state index in [1.807, 2.05) is 107 Å². The molecule has 0 aliphatic carbocycles. The number of aromatic hydroxyl groups is 4. The summed E-state index contributed by atoms with van der Waals surface area (Å²) in [5.74, 6) is 0.173. The fourth-order valence-corrected chi connectivity index (χ4v) is 4.52. The van der Waals surface area contributed by atoms with Crippen molar-refractivity contribution in [2.45, 2.75) is 40.5 Å². The highest BCUT2D eigenvalue weighted by Crippen LogP contribution is 2.43. The van der Waals surface area contributed by atoms with Gasteiger partial charge in [0.2, 0.25) is 0 Å². The van der Waals surface area contributed by atoms with Gasteiger partial charge < -0.3 is 20.4 Å². The van der Waals surface area contributed by atoms with Crippen LogP contribution in [0, 0.1) is 6.92 Å². The normalized spacial score (nSPS) is 10.2. The summed E-state index contributed by atoms with van der Waals surface area (Å²) in [6.45, 7) is 10.0. The molecule has 0 fully saturated rings. The molecule has 4 N–H and O–H groups in total. The van der Waals surface area contributed by atoms with Crippen LogP contribution < -0.4 is 0 Å². The van der Waals surface area contributed by atoms with E-state index in [1.54, 1.807) is 36.4 Å². The summed E-state index contributed by atoms with van der Waals surface area (Å²) in [6.07, 6.45) is 0. The fraction of sp³-hybridized carbons (Fsp3) is 0.167. The Hall–Kier alpha value is -4.70. The van der Waals surface area contributed by atoms with Crippen LogP contribution in [-0.4, -0.2) is 20.4 Å². The fourth-order valence-electron chi connectivity index (χ4n) is 4.52. The number of hydrogen-bond donors (Lipinski definition) is 4. The number of phenols is 4. The minimum absolute atomic E-state index is 0.123. The van der Waals surface area contributed by atoms with Gasteiger partial charge in [0.15, 0.2) is 0 Å². The number of phenolic OH excluding ortho intramolecular Hbond substituents is 4. The van der Waals surface area contributed by atoms with E-state index in [9.17, 15) is 20.4 Å². The number of rotatable bonds is 5. The zero-order valence-electron chi connectivity index (χ0n) is 23.8. The second kappa shape index (κ2) is 13.9. The molecule has 0 aliphatic heterocycles. The van der Waals surface area contributed by atoms with Gasteiger partial charge in [0, 0.05) is 17.0 Å². The Morgan fingerprint density at radius 1 is 0.425 bits per heavy atom. The molecule has 0 saturated carbocycles. The molecule has 5 aromatic rings. The van der Waals surface area contributed by atoms with Crippen LogP contribution in [0.5, 0.6) is 23.0 Å². The smallest absolute Gasteiger partial charge is 0.119 e. The lowest BCUT2D eigenvalue weighted by molar-refractivity contribution is 0.458. The average molecular weight is 535 g/mol. The van der Waals surface area contributed by atoms with Crippen LogP contribution >= 0.6 is 0 Å². The van der Waals surface area contributed by atoms with E-state index in [1.165, 1.54) is 0 Å². The van der Waals surface area contributed by atoms with Crippen LogP contribution in [0.25, 0.3) is 22.3 Å². The van der Waals surface area contributed by atoms with Crippen molar-refractivity contribution < 1.29 is 20.4 Å². The molecule has 5 rings (SSSR count). The van der Waals surface area contributed by atoms with Crippen molar-refractivity contribution in [1.82, 2.24) is 0 Å². The predicted molar refractivity (Wildman–Crippen MR) is 165 cm³/mol. The Labute approximate surface area is 237 Å². The molecule has 206 valence electrons. The van der Waals surface area contributed by atoms with Gasteiger partial charge in [0.1, 0.15) is 23.0 Å². The Kier molecular flexibility index (Phi) is 10.4. The third-order valence-electron chi connectivity index (χ3n) is 6.49. The van der Waals surface area contributed by atoms with E-state index >= 15 is 0 Å². The van der Waals surface area contributed by atoms with Crippen molar-refractivity contribution in [3.05, 3.63) is 131 Å². The topological polar surface area (TPSA) is 80.9 Å². The Bertz CT molecular complexity index is 1410. The maximum absolute atomic E-state index is 11.0. The Balaban J connectivity index is 0.00000106. The molecule has 0 saturated heterocycles. The summed E-state index contributed by atoms with van der Waals surface area (Å²) in [5.41, 5.74) is 6.92. The molecule has 0 amide bonds. The zero-order valence-corrected chi connectivity index (χ0v) is 23.8. The molecule has 4 heteroatoms. The van der Waals surface area contributed by atoms with Crippen LogP contribution in [0.1, 0.15) is 55.9 Å². The van der Waals surface area contributed by atoms with Crippen LogP contribution in [0.3, 0.4) is 0 Å². The average Bonchev–Trinajstić information content (AvgIpc) is 2.99. The van der Waals surface area contributed by atoms with Gasteiger partial charge in [0.05, 0.1) is 0 Å². The van der Waals surface area contributed by atoms with Crippen LogP contribution in [0.2, 0.25) is 0 Å². The minimum atomic E-state index is -0.445. The summed E-state index contributed by atoms with van der Waals surface area (Å²) < 4.78 is 0. The van der Waals surface area contributed by atoms with Crippen molar-refractivity contribution in [3.8, 4) is 45.3 Å². The molecular weight excluding hydrogens is 496 g/mol. The highest BCUT2D eigenvalue weighted by atomic mass is 16.3. The molecule has 0 bridgehead atoms. The second-order valence-electron chi connectivity index (χ2n) is 8.98. The van der Waals surface area contributed by atoms with Crippen molar-refractivity contribution in [3.63, 3.8) is 0 Å². The van der Waals surface area contributed by atoms with Crippen molar-refractivity contribution >= 4 is 0 Å². The summed E-state index contributed by atoms with van der Waals surface area (Å²) in [7, 11) is 0. The second-order valence-corrected chi connectivity index (χ2v) is 8.98. The Morgan fingerprint density at radius 3 is 1.15 bits per heavy atom. The van der Waals surface area contributed by atoms with E-state index in [-0.39, 0.29) is 23.0 Å². The minimum Gasteiger partial charge on any atom is -0.508 e. The van der Waals surface area contributed by atoms with Gasteiger partial charge in [-0.05, 0) is 83.3 Å². The summed E-state index contributed by atoms with van der Waals surface area (Å²) in [5, 5.41) is 41.5. The molecule has 0 unspecified atom stereocenters. The standard InChI is InChI=1S/C32H26O4.2C2H6/c1-20-2-4-23(5-3-20)32(28-18-24(10-16-30(28)35)21-6-12-26(33)13-7-21)29-19-25(11-17-31(29)36)22-8-14-27(34)15-9-22;2*1-2/h2-19,32-36H,1H3;2*1-2H3. The first-order valence-corrected chi connectivity index (χ1v) is 13.7. The molecule has 0 atom stereocenters. The number of aryl methyl sites for hydroxylation is 1. The van der Waals surface area contributed by atoms with E-state index in [0.29, 0.717) is 11.1 Å². The van der Waals surface area contributed by atoms with Gasteiger partial charge in [-0.3, -0.25) is 0 Å². The highest BCUT2D eigenvalue weighted by molar-refractivity contribution is 5.70. The lowest BCUT2D eigenvalue weighted by Gasteiger charge is -2.23. The van der Waals surface area contributed by atoms with Gasteiger partial charge in [-0.15, -0.1) is 0 Å². The lowest BCUT2D eigenvalue weighted by Crippen LogP contribution is -2.05. The van der Waals surface area contributed by atoms with Crippen molar-refractivity contribution in [1.29, 1.82) is 0 Å². The highest BCUT2D eigenvalue weighted by Gasteiger charge is 2.24. The van der Waals surface area contributed by atoms with Gasteiger partial charge in [-0.25, -0.2) is 0 Å². The van der Waals surface area contributed by atoms with Gasteiger partial charge in [0.25, 0.3) is 0 Å². The molecule has 0 spiro atoms. The summed E-state index contributed by atoms with van der Waals surface area (Å²) >= 11 is 0. The van der Waals surface area contributed by atoms with Gasteiger partial charge in [-0.1, -0.05) is 93.9 Å². The molecular formula is C36H38O4. The van der Waals surface area contributed by atoms with E-state index in [0.717, 1.165) is 33.4 Å². The molecule has 0 radical (unpaired) electrons. The largest absolute Gasteiger partial charge is 0.508 e. The van der Waals surface area contributed by atoms with Crippen LogP contribution in [0.15, 0.2) is 109 Å². The zero-order chi connectivity index (χ0) is 29.2. The monoisotopic (exact) mass is 534 g/mol. The molecule has 40 heavy (non-hydrogen) atoms. The van der Waals surface area contributed by atoms with E-state index in [4.69, 9.17) is 0 Å². The van der Waals surface area contributed by atoms with Gasteiger partial charge in [-0.2, -0.15) is 0 Å². The molecule has 0 aliphatic rings. The molecule has 5 aromatic carbocycles. The third-order valence-corrected chi connectivity index (χ3v) is 6.49. The lowest BCUT2D eigenvalue weighted by atomic mass is 9.82.